The maximum Gasteiger partial charge on any atom is 0.225 e. The summed E-state index contributed by atoms with van der Waals surface area (Å²) in [5, 5.41) is 0. The van der Waals surface area contributed by atoms with E-state index in [2.05, 4.69) is 56.1 Å². The highest BCUT2D eigenvalue weighted by Crippen LogP contribution is 2.22. The first-order valence-corrected chi connectivity index (χ1v) is 10.4. The molecule has 1 saturated heterocycles. The van der Waals surface area contributed by atoms with E-state index in [-0.39, 0.29) is 0 Å². The van der Waals surface area contributed by atoms with Crippen LogP contribution in [0, 0.1) is 0 Å². The quantitative estimate of drug-likeness (QED) is 0.687. The lowest BCUT2D eigenvalue weighted by molar-refractivity contribution is 0.240. The summed E-state index contributed by atoms with van der Waals surface area (Å²) in [6.07, 6.45) is 4.87. The van der Waals surface area contributed by atoms with Crippen LogP contribution in [0.4, 0.5) is 11.6 Å². The van der Waals surface area contributed by atoms with Gasteiger partial charge in [0.05, 0.1) is 11.4 Å². The third-order valence-corrected chi connectivity index (χ3v) is 5.80. The summed E-state index contributed by atoms with van der Waals surface area (Å²) >= 11 is 0. The van der Waals surface area contributed by atoms with Gasteiger partial charge in [-0.05, 0) is 24.3 Å². The maximum absolute atomic E-state index is 4.93. The highest BCUT2D eigenvalue weighted by molar-refractivity contribution is 5.48. The molecule has 3 aromatic rings. The molecule has 6 nitrogen and oxygen atoms in total. The fraction of sp³-hybridized carbons (Fsp3) is 0.348. The summed E-state index contributed by atoms with van der Waals surface area (Å²) in [4.78, 5) is 21.3. The van der Waals surface area contributed by atoms with Crippen molar-refractivity contribution in [2.45, 2.75) is 19.5 Å². The average molecular weight is 387 g/mol. The number of anilines is 2. The molecule has 2 aromatic heterocycles. The largest absolute Gasteiger partial charge is 0.368 e. The van der Waals surface area contributed by atoms with Gasteiger partial charge in [0.1, 0.15) is 0 Å². The molecule has 0 saturated carbocycles. The maximum atomic E-state index is 4.93. The van der Waals surface area contributed by atoms with E-state index >= 15 is 0 Å². The van der Waals surface area contributed by atoms with Gasteiger partial charge in [-0.2, -0.15) is 0 Å². The van der Waals surface area contributed by atoms with E-state index in [9.17, 15) is 0 Å². The van der Waals surface area contributed by atoms with E-state index < -0.39 is 0 Å². The average Bonchev–Trinajstić information content (AvgIpc) is 2.80. The zero-order chi connectivity index (χ0) is 19.5. The lowest BCUT2D eigenvalue weighted by Crippen LogP contribution is -2.47. The van der Waals surface area contributed by atoms with Crippen LogP contribution in [0.1, 0.15) is 17.0 Å². The van der Waals surface area contributed by atoms with Crippen LogP contribution < -0.4 is 9.80 Å². The molecule has 0 radical (unpaired) electrons. The summed E-state index contributed by atoms with van der Waals surface area (Å²) in [6.45, 7) is 6.71. The second-order valence-corrected chi connectivity index (χ2v) is 7.73. The molecular formula is C23H26N6. The Balaban J connectivity index is 1.22. The van der Waals surface area contributed by atoms with Gasteiger partial charge in [-0.1, -0.05) is 24.3 Å². The van der Waals surface area contributed by atoms with Crippen molar-refractivity contribution in [2.75, 3.05) is 42.5 Å². The molecule has 2 aliphatic rings. The summed E-state index contributed by atoms with van der Waals surface area (Å²) in [6, 6.07) is 16.7. The van der Waals surface area contributed by atoms with Crippen LogP contribution in [0.2, 0.25) is 0 Å². The number of para-hydroxylation sites is 1. The SMILES string of the molecule is c1ccc(N2CCN(c3ncc4c(n3)CCN(Cc3ccccn3)C4)CC2)cc1. The zero-order valence-corrected chi connectivity index (χ0v) is 16.6. The first-order valence-electron chi connectivity index (χ1n) is 10.4. The highest BCUT2D eigenvalue weighted by atomic mass is 15.3. The molecule has 5 rings (SSSR count). The topological polar surface area (TPSA) is 48.4 Å². The highest BCUT2D eigenvalue weighted by Gasteiger charge is 2.23. The van der Waals surface area contributed by atoms with Crippen molar-refractivity contribution in [1.82, 2.24) is 19.9 Å². The number of piperazine rings is 1. The molecular weight excluding hydrogens is 360 g/mol. The van der Waals surface area contributed by atoms with E-state index in [4.69, 9.17) is 9.97 Å². The first-order chi connectivity index (χ1) is 14.3. The fourth-order valence-electron chi connectivity index (χ4n) is 4.18. The van der Waals surface area contributed by atoms with Gasteiger partial charge in [0.15, 0.2) is 0 Å². The molecule has 0 aliphatic carbocycles. The molecule has 6 heteroatoms. The summed E-state index contributed by atoms with van der Waals surface area (Å²) in [7, 11) is 0. The predicted molar refractivity (Wildman–Crippen MR) is 115 cm³/mol. The molecule has 1 fully saturated rings. The van der Waals surface area contributed by atoms with Gasteiger partial charge in [-0.15, -0.1) is 0 Å². The van der Waals surface area contributed by atoms with Crippen LogP contribution in [0.25, 0.3) is 0 Å². The van der Waals surface area contributed by atoms with Gasteiger partial charge < -0.3 is 9.80 Å². The minimum absolute atomic E-state index is 0.878. The minimum Gasteiger partial charge on any atom is -0.368 e. The van der Waals surface area contributed by atoms with Crippen molar-refractivity contribution >= 4 is 11.6 Å². The van der Waals surface area contributed by atoms with Crippen LogP contribution in [0.3, 0.4) is 0 Å². The van der Waals surface area contributed by atoms with Crippen molar-refractivity contribution in [2.24, 2.45) is 0 Å². The molecule has 1 aromatic carbocycles. The fourth-order valence-corrected chi connectivity index (χ4v) is 4.18. The van der Waals surface area contributed by atoms with Gasteiger partial charge in [0, 0.05) is 75.9 Å². The van der Waals surface area contributed by atoms with Gasteiger partial charge >= 0.3 is 0 Å². The first kappa shape index (κ1) is 18.1. The molecule has 0 atom stereocenters. The van der Waals surface area contributed by atoms with Gasteiger partial charge in [-0.25, -0.2) is 9.97 Å². The number of nitrogens with zero attached hydrogens (tertiary/aromatic N) is 6. The minimum atomic E-state index is 0.878. The Kier molecular flexibility index (Phi) is 5.09. The van der Waals surface area contributed by atoms with E-state index in [1.165, 1.54) is 16.9 Å². The molecule has 2 aliphatic heterocycles. The summed E-state index contributed by atoms with van der Waals surface area (Å²) in [5.74, 6) is 0.884. The normalized spacial score (nSPS) is 17.2. The van der Waals surface area contributed by atoms with Crippen LogP contribution >= 0.6 is 0 Å². The van der Waals surface area contributed by atoms with Gasteiger partial charge in [0.2, 0.25) is 5.95 Å². The molecule has 0 spiro atoms. The lowest BCUT2D eigenvalue weighted by Gasteiger charge is -2.36. The Bertz CT molecular complexity index is 938. The van der Waals surface area contributed by atoms with Gasteiger partial charge in [-0.3, -0.25) is 9.88 Å². The number of hydrogen-bond acceptors (Lipinski definition) is 6. The van der Waals surface area contributed by atoms with Crippen LogP contribution in [-0.4, -0.2) is 52.6 Å². The van der Waals surface area contributed by atoms with Crippen LogP contribution in [0.15, 0.2) is 60.9 Å². The Morgan fingerprint density at radius 2 is 1.59 bits per heavy atom. The molecule has 4 heterocycles. The summed E-state index contributed by atoms with van der Waals surface area (Å²) in [5.41, 5.74) is 4.87. The molecule has 29 heavy (non-hydrogen) atoms. The lowest BCUT2D eigenvalue weighted by atomic mass is 10.1. The van der Waals surface area contributed by atoms with Crippen LogP contribution in [0.5, 0.6) is 0 Å². The Morgan fingerprint density at radius 1 is 0.793 bits per heavy atom. The number of benzene rings is 1. The van der Waals surface area contributed by atoms with Crippen molar-refractivity contribution in [3.63, 3.8) is 0 Å². The number of rotatable bonds is 4. The third-order valence-electron chi connectivity index (χ3n) is 5.80. The third kappa shape index (κ3) is 4.07. The van der Waals surface area contributed by atoms with Gasteiger partial charge in [0.25, 0.3) is 0 Å². The van der Waals surface area contributed by atoms with E-state index in [0.717, 1.165) is 63.9 Å². The monoisotopic (exact) mass is 386 g/mol. The van der Waals surface area contributed by atoms with E-state index in [0.29, 0.717) is 0 Å². The second-order valence-electron chi connectivity index (χ2n) is 7.73. The number of aromatic nitrogens is 3. The number of pyridine rings is 1. The summed E-state index contributed by atoms with van der Waals surface area (Å²) < 4.78 is 0. The molecule has 148 valence electrons. The Morgan fingerprint density at radius 3 is 2.38 bits per heavy atom. The zero-order valence-electron chi connectivity index (χ0n) is 16.6. The Hall–Kier alpha value is -2.99. The van der Waals surface area contributed by atoms with Crippen molar-refractivity contribution in [1.29, 1.82) is 0 Å². The van der Waals surface area contributed by atoms with Crippen LogP contribution in [-0.2, 0) is 19.5 Å². The Labute approximate surface area is 171 Å². The number of hydrogen-bond donors (Lipinski definition) is 0. The van der Waals surface area contributed by atoms with Crippen molar-refractivity contribution < 1.29 is 0 Å². The molecule has 0 unspecified atom stereocenters. The van der Waals surface area contributed by atoms with Crippen molar-refractivity contribution in [3.05, 3.63) is 77.9 Å². The molecule has 0 amide bonds. The van der Waals surface area contributed by atoms with E-state index in [1.54, 1.807) is 0 Å². The second kappa shape index (κ2) is 8.17. The molecule has 0 bridgehead atoms. The van der Waals surface area contributed by atoms with Crippen molar-refractivity contribution in [3.8, 4) is 0 Å². The predicted octanol–water partition coefficient (Wildman–Crippen LogP) is 2.76. The molecule has 0 N–H and O–H groups in total. The number of fused-ring (bicyclic) bond motifs is 1. The smallest absolute Gasteiger partial charge is 0.225 e. The standard InChI is InChI=1S/C23H26N6/c1-2-7-21(8-3-1)28-12-14-29(15-13-28)23-25-16-19-17-27(11-9-22(19)26-23)18-20-6-4-5-10-24-20/h1-8,10,16H,9,11-15,17-18H2. The van der Waals surface area contributed by atoms with E-state index in [1.807, 2.05) is 24.5 Å².